The Morgan fingerprint density at radius 3 is 2.00 bits per heavy atom. The summed E-state index contributed by atoms with van der Waals surface area (Å²) < 4.78 is 58.3. The molecule has 0 spiro atoms. The monoisotopic (exact) mass is 228 g/mol. The normalized spacial score (nSPS) is 18.7. The molecule has 6 heteroatoms. The molecule has 0 saturated heterocycles. The molecular formula is C8H11F3O2S. The van der Waals surface area contributed by atoms with Crippen LogP contribution in [0, 0.1) is 0 Å². The van der Waals surface area contributed by atoms with Gasteiger partial charge < -0.3 is 0 Å². The number of hydrogen-bond donors (Lipinski definition) is 0. The van der Waals surface area contributed by atoms with Gasteiger partial charge in [-0.2, -0.15) is 13.2 Å². The number of hydrogen-bond acceptors (Lipinski definition) is 2. The maximum Gasteiger partial charge on any atom is 0.501 e. The average molecular weight is 228 g/mol. The van der Waals surface area contributed by atoms with E-state index in [4.69, 9.17) is 0 Å². The molecule has 1 aliphatic rings. The summed E-state index contributed by atoms with van der Waals surface area (Å²) in [7, 11) is -5.08. The van der Waals surface area contributed by atoms with E-state index in [1.165, 1.54) is 0 Å². The van der Waals surface area contributed by atoms with Crippen LogP contribution in [0.2, 0.25) is 0 Å². The number of halogens is 3. The Bertz CT molecular complexity index is 343. The third-order valence-corrected chi connectivity index (χ3v) is 4.12. The van der Waals surface area contributed by atoms with Gasteiger partial charge in [0, 0.05) is 4.91 Å². The molecule has 0 N–H and O–H groups in total. The summed E-state index contributed by atoms with van der Waals surface area (Å²) in [5.41, 5.74) is -4.73. The van der Waals surface area contributed by atoms with Crippen molar-refractivity contribution in [2.45, 2.75) is 38.1 Å². The Balaban J connectivity index is 3.11. The van der Waals surface area contributed by atoms with Crippen LogP contribution in [0.4, 0.5) is 13.2 Å². The van der Waals surface area contributed by atoms with Crippen molar-refractivity contribution in [1.82, 2.24) is 0 Å². The highest BCUT2D eigenvalue weighted by molar-refractivity contribution is 7.96. The smallest absolute Gasteiger partial charge is 0.215 e. The Morgan fingerprint density at radius 2 is 1.64 bits per heavy atom. The first kappa shape index (κ1) is 11.6. The fourth-order valence-electron chi connectivity index (χ4n) is 1.52. The molecular weight excluding hydrogens is 217 g/mol. The topological polar surface area (TPSA) is 34.1 Å². The minimum absolute atomic E-state index is 0.433. The van der Waals surface area contributed by atoms with Crippen LogP contribution >= 0.6 is 0 Å². The molecule has 82 valence electrons. The molecule has 1 saturated carbocycles. The van der Waals surface area contributed by atoms with E-state index in [0.717, 1.165) is 19.8 Å². The zero-order chi connectivity index (χ0) is 11.0. The first-order chi connectivity index (χ1) is 6.27. The maximum atomic E-state index is 12.1. The van der Waals surface area contributed by atoms with Gasteiger partial charge in [0.2, 0.25) is 0 Å². The first-order valence-electron chi connectivity index (χ1n) is 4.27. The molecule has 0 aromatic carbocycles. The van der Waals surface area contributed by atoms with Crippen LogP contribution in [0.3, 0.4) is 0 Å². The molecule has 0 unspecified atom stereocenters. The average Bonchev–Trinajstić information content (AvgIpc) is 2.52. The number of allylic oxidation sites excluding steroid dienone is 2. The summed E-state index contributed by atoms with van der Waals surface area (Å²) in [4.78, 5) is -0.498. The highest BCUT2D eigenvalue weighted by atomic mass is 32.2. The van der Waals surface area contributed by atoms with Crippen LogP contribution in [0.5, 0.6) is 0 Å². The lowest BCUT2D eigenvalue weighted by atomic mass is 10.2. The van der Waals surface area contributed by atoms with Gasteiger partial charge in [0.1, 0.15) is 0 Å². The van der Waals surface area contributed by atoms with E-state index in [2.05, 4.69) is 0 Å². The molecule has 2 nitrogen and oxygen atoms in total. The number of rotatable bonds is 1. The lowest BCUT2D eigenvalue weighted by Crippen LogP contribution is -2.24. The largest absolute Gasteiger partial charge is 0.501 e. The first-order valence-corrected chi connectivity index (χ1v) is 5.75. The van der Waals surface area contributed by atoms with E-state index in [0.29, 0.717) is 18.4 Å². The van der Waals surface area contributed by atoms with Crippen LogP contribution < -0.4 is 0 Å². The van der Waals surface area contributed by atoms with Crippen LogP contribution in [0.1, 0.15) is 32.6 Å². The third kappa shape index (κ3) is 1.94. The van der Waals surface area contributed by atoms with Gasteiger partial charge in [-0.25, -0.2) is 8.42 Å². The van der Waals surface area contributed by atoms with Gasteiger partial charge in [-0.15, -0.1) is 0 Å². The quantitative estimate of drug-likeness (QED) is 0.691. The lowest BCUT2D eigenvalue weighted by Gasteiger charge is -2.10. The summed E-state index contributed by atoms with van der Waals surface area (Å²) in [5.74, 6) is 0. The highest BCUT2D eigenvalue weighted by Crippen LogP contribution is 2.35. The van der Waals surface area contributed by atoms with E-state index in [-0.39, 0.29) is 0 Å². The number of alkyl halides is 3. The molecule has 0 heterocycles. The van der Waals surface area contributed by atoms with Crippen molar-refractivity contribution in [2.24, 2.45) is 0 Å². The summed E-state index contributed by atoms with van der Waals surface area (Å²) in [6.45, 7) is 1.05. The van der Waals surface area contributed by atoms with Crippen LogP contribution in [0.25, 0.3) is 0 Å². The van der Waals surface area contributed by atoms with E-state index in [9.17, 15) is 21.6 Å². The van der Waals surface area contributed by atoms with Crippen LogP contribution in [-0.4, -0.2) is 13.9 Å². The lowest BCUT2D eigenvalue weighted by molar-refractivity contribution is -0.0427. The van der Waals surface area contributed by atoms with Crippen molar-refractivity contribution in [1.29, 1.82) is 0 Å². The predicted octanol–water partition coefficient (Wildman–Crippen LogP) is 2.77. The van der Waals surface area contributed by atoms with Crippen molar-refractivity contribution in [3.8, 4) is 0 Å². The molecule has 0 aliphatic heterocycles. The van der Waals surface area contributed by atoms with E-state index < -0.39 is 20.3 Å². The molecule has 1 aliphatic carbocycles. The van der Waals surface area contributed by atoms with Crippen molar-refractivity contribution < 1.29 is 21.6 Å². The van der Waals surface area contributed by atoms with Crippen LogP contribution in [-0.2, 0) is 9.84 Å². The second kappa shape index (κ2) is 3.56. The minimum Gasteiger partial charge on any atom is -0.215 e. The molecule has 14 heavy (non-hydrogen) atoms. The summed E-state index contributed by atoms with van der Waals surface area (Å²) >= 11 is 0. The molecule has 0 bridgehead atoms. The molecule has 1 fully saturated rings. The zero-order valence-electron chi connectivity index (χ0n) is 7.69. The van der Waals surface area contributed by atoms with Gasteiger partial charge in [0.25, 0.3) is 9.84 Å². The zero-order valence-corrected chi connectivity index (χ0v) is 8.50. The van der Waals surface area contributed by atoms with Crippen molar-refractivity contribution in [2.75, 3.05) is 0 Å². The molecule has 0 amide bonds. The Labute approximate surface area is 80.7 Å². The predicted molar refractivity (Wildman–Crippen MR) is 46.1 cm³/mol. The van der Waals surface area contributed by atoms with Crippen molar-refractivity contribution >= 4 is 9.84 Å². The van der Waals surface area contributed by atoms with E-state index in [1.54, 1.807) is 0 Å². The highest BCUT2D eigenvalue weighted by Gasteiger charge is 2.47. The molecule has 0 aromatic rings. The van der Waals surface area contributed by atoms with Gasteiger partial charge in [-0.1, -0.05) is 5.57 Å². The fourth-order valence-corrected chi connectivity index (χ4v) is 2.45. The van der Waals surface area contributed by atoms with Crippen LogP contribution in [0.15, 0.2) is 10.5 Å². The number of sulfone groups is 1. The minimum atomic E-state index is -5.16. The molecule has 0 atom stereocenters. The van der Waals surface area contributed by atoms with Gasteiger partial charge in [-0.05, 0) is 32.6 Å². The molecule has 1 rings (SSSR count). The van der Waals surface area contributed by atoms with E-state index >= 15 is 0 Å². The second-order valence-corrected chi connectivity index (χ2v) is 5.40. The SMILES string of the molecule is CC(=C1CCCC1)S(=O)(=O)C(F)(F)F. The van der Waals surface area contributed by atoms with Crippen molar-refractivity contribution in [3.63, 3.8) is 0 Å². The van der Waals surface area contributed by atoms with Gasteiger partial charge in [0.15, 0.2) is 0 Å². The Morgan fingerprint density at radius 1 is 1.21 bits per heavy atom. The summed E-state index contributed by atoms with van der Waals surface area (Å²) in [6, 6.07) is 0. The Kier molecular flexibility index (Phi) is 2.94. The standard InChI is InChI=1S/C8H11F3O2S/c1-6(7-4-2-3-5-7)14(12,13)8(9,10)11/h2-5H2,1H3. The second-order valence-electron chi connectivity index (χ2n) is 3.32. The maximum absolute atomic E-state index is 12.1. The molecule has 0 radical (unpaired) electrons. The van der Waals surface area contributed by atoms with Crippen molar-refractivity contribution in [3.05, 3.63) is 10.5 Å². The summed E-state index contributed by atoms with van der Waals surface area (Å²) in [5, 5.41) is 0. The van der Waals surface area contributed by atoms with Gasteiger partial charge in [0.05, 0.1) is 0 Å². The third-order valence-electron chi connectivity index (χ3n) is 2.41. The van der Waals surface area contributed by atoms with Gasteiger partial charge >= 0.3 is 5.51 Å². The van der Waals surface area contributed by atoms with E-state index in [1.807, 2.05) is 0 Å². The fraction of sp³-hybridized carbons (Fsp3) is 0.750. The Hall–Kier alpha value is -0.520. The van der Waals surface area contributed by atoms with Gasteiger partial charge in [-0.3, -0.25) is 0 Å². The molecule has 0 aromatic heterocycles. The summed E-state index contributed by atoms with van der Waals surface area (Å²) in [6.07, 6.45) is 2.50.